The Hall–Kier alpha value is -0.740. The van der Waals surface area contributed by atoms with Gasteiger partial charge in [-0.05, 0) is 48.8 Å². The van der Waals surface area contributed by atoms with Gasteiger partial charge < -0.3 is 15.2 Å². The number of anilines is 1. The molecule has 0 bridgehead atoms. The van der Waals surface area contributed by atoms with Crippen molar-refractivity contribution in [3.63, 3.8) is 0 Å². The van der Waals surface area contributed by atoms with Crippen LogP contribution in [-0.4, -0.2) is 18.8 Å². The molecule has 1 aromatic rings. The normalized spacial score (nSPS) is 11.5. The lowest BCUT2D eigenvalue weighted by molar-refractivity contribution is -0.0162. The van der Waals surface area contributed by atoms with E-state index in [4.69, 9.17) is 15.2 Å². The van der Waals surface area contributed by atoms with Crippen molar-refractivity contribution in [3.8, 4) is 5.75 Å². The molecule has 0 aromatic heterocycles. The third-order valence-corrected chi connectivity index (χ3v) is 2.49. The Balaban J connectivity index is 2.43. The first-order valence-electron chi connectivity index (χ1n) is 5.21. The summed E-state index contributed by atoms with van der Waals surface area (Å²) in [5, 5.41) is 0. The van der Waals surface area contributed by atoms with Gasteiger partial charge >= 0.3 is 0 Å². The van der Waals surface area contributed by atoms with E-state index in [-0.39, 0.29) is 5.60 Å². The van der Waals surface area contributed by atoms with Gasteiger partial charge in [0.2, 0.25) is 0 Å². The maximum Gasteiger partial charge on any atom is 0.156 e. The van der Waals surface area contributed by atoms with E-state index in [1.807, 2.05) is 39.0 Å². The lowest BCUT2D eigenvalue weighted by Gasteiger charge is -2.19. The van der Waals surface area contributed by atoms with Gasteiger partial charge in [0.25, 0.3) is 0 Å². The smallest absolute Gasteiger partial charge is 0.156 e. The highest BCUT2D eigenvalue weighted by Crippen LogP contribution is 2.30. The van der Waals surface area contributed by atoms with E-state index in [1.54, 1.807) is 0 Å². The standard InChI is InChI=1S/C12H18BrNO2/c1-12(2,3)16-8-7-15-11-9(13)5-4-6-10(11)14/h4-6H,7-8,14H2,1-3H3. The van der Waals surface area contributed by atoms with Crippen LogP contribution in [0.1, 0.15) is 20.8 Å². The van der Waals surface area contributed by atoms with E-state index in [2.05, 4.69) is 15.9 Å². The molecule has 0 radical (unpaired) electrons. The van der Waals surface area contributed by atoms with E-state index in [1.165, 1.54) is 0 Å². The molecule has 1 rings (SSSR count). The van der Waals surface area contributed by atoms with E-state index in [9.17, 15) is 0 Å². The quantitative estimate of drug-likeness (QED) is 0.683. The molecule has 0 spiro atoms. The fourth-order valence-electron chi connectivity index (χ4n) is 1.17. The minimum absolute atomic E-state index is 0.136. The van der Waals surface area contributed by atoms with Crippen molar-refractivity contribution >= 4 is 21.6 Å². The van der Waals surface area contributed by atoms with Gasteiger partial charge in [0.15, 0.2) is 5.75 Å². The number of hydrogen-bond acceptors (Lipinski definition) is 3. The molecule has 0 saturated carbocycles. The average molecular weight is 288 g/mol. The summed E-state index contributed by atoms with van der Waals surface area (Å²) in [6.07, 6.45) is 0. The van der Waals surface area contributed by atoms with Crippen molar-refractivity contribution in [2.75, 3.05) is 18.9 Å². The second-order valence-electron chi connectivity index (χ2n) is 4.47. The van der Waals surface area contributed by atoms with Gasteiger partial charge in [-0.2, -0.15) is 0 Å². The third kappa shape index (κ3) is 4.41. The minimum Gasteiger partial charge on any atom is -0.488 e. The monoisotopic (exact) mass is 287 g/mol. The first kappa shape index (κ1) is 13.3. The Bertz CT molecular complexity index is 327. The highest BCUT2D eigenvalue weighted by atomic mass is 79.9. The number of rotatable bonds is 4. The third-order valence-electron chi connectivity index (χ3n) is 1.86. The summed E-state index contributed by atoms with van der Waals surface area (Å²) in [7, 11) is 0. The Morgan fingerprint density at radius 1 is 1.25 bits per heavy atom. The van der Waals surface area contributed by atoms with Crippen molar-refractivity contribution in [3.05, 3.63) is 22.7 Å². The number of para-hydroxylation sites is 1. The van der Waals surface area contributed by atoms with Crippen LogP contribution in [0.25, 0.3) is 0 Å². The summed E-state index contributed by atoms with van der Waals surface area (Å²) in [4.78, 5) is 0. The van der Waals surface area contributed by atoms with Crippen LogP contribution in [0.3, 0.4) is 0 Å². The van der Waals surface area contributed by atoms with Crippen molar-refractivity contribution in [2.45, 2.75) is 26.4 Å². The van der Waals surface area contributed by atoms with Gasteiger partial charge in [-0.15, -0.1) is 0 Å². The Labute approximate surface area is 105 Å². The molecule has 4 heteroatoms. The molecule has 0 amide bonds. The molecule has 2 N–H and O–H groups in total. The fraction of sp³-hybridized carbons (Fsp3) is 0.500. The highest BCUT2D eigenvalue weighted by molar-refractivity contribution is 9.10. The zero-order valence-electron chi connectivity index (χ0n) is 9.92. The molecule has 0 unspecified atom stereocenters. The van der Waals surface area contributed by atoms with Crippen molar-refractivity contribution in [1.29, 1.82) is 0 Å². The number of benzene rings is 1. The molecule has 1 aromatic carbocycles. The van der Waals surface area contributed by atoms with Crippen molar-refractivity contribution in [2.24, 2.45) is 0 Å². The number of nitrogens with two attached hydrogens (primary N) is 1. The Morgan fingerprint density at radius 3 is 2.50 bits per heavy atom. The van der Waals surface area contributed by atoms with Crippen LogP contribution in [0.15, 0.2) is 22.7 Å². The molecule has 16 heavy (non-hydrogen) atoms. The number of ether oxygens (including phenoxy) is 2. The lowest BCUT2D eigenvalue weighted by Crippen LogP contribution is -2.22. The van der Waals surface area contributed by atoms with Gasteiger partial charge in [-0.3, -0.25) is 0 Å². The molecule has 3 nitrogen and oxygen atoms in total. The van der Waals surface area contributed by atoms with Crippen molar-refractivity contribution < 1.29 is 9.47 Å². The van der Waals surface area contributed by atoms with E-state index >= 15 is 0 Å². The molecular formula is C12H18BrNO2. The minimum atomic E-state index is -0.136. The van der Waals surface area contributed by atoms with Crippen LogP contribution in [-0.2, 0) is 4.74 Å². The average Bonchev–Trinajstić information content (AvgIpc) is 2.14. The number of hydrogen-bond donors (Lipinski definition) is 1. The summed E-state index contributed by atoms with van der Waals surface area (Å²) < 4.78 is 12.0. The van der Waals surface area contributed by atoms with Crippen LogP contribution >= 0.6 is 15.9 Å². The summed E-state index contributed by atoms with van der Waals surface area (Å²) in [5.41, 5.74) is 6.29. The molecule has 0 heterocycles. The van der Waals surface area contributed by atoms with E-state index < -0.39 is 0 Å². The topological polar surface area (TPSA) is 44.5 Å². The molecule has 0 aliphatic rings. The van der Waals surface area contributed by atoms with Crippen molar-refractivity contribution in [1.82, 2.24) is 0 Å². The number of halogens is 1. The first-order valence-corrected chi connectivity index (χ1v) is 6.00. The second kappa shape index (κ2) is 5.55. The van der Waals surface area contributed by atoms with Gasteiger partial charge in [-0.1, -0.05) is 6.07 Å². The van der Waals surface area contributed by atoms with Crippen LogP contribution in [0.4, 0.5) is 5.69 Å². The first-order chi connectivity index (χ1) is 7.40. The molecule has 0 atom stereocenters. The molecule has 90 valence electrons. The Morgan fingerprint density at radius 2 is 1.94 bits per heavy atom. The lowest BCUT2D eigenvalue weighted by atomic mass is 10.2. The van der Waals surface area contributed by atoms with Gasteiger partial charge in [0.05, 0.1) is 22.4 Å². The largest absolute Gasteiger partial charge is 0.488 e. The zero-order valence-corrected chi connectivity index (χ0v) is 11.5. The van der Waals surface area contributed by atoms with Gasteiger partial charge in [-0.25, -0.2) is 0 Å². The summed E-state index contributed by atoms with van der Waals surface area (Å²) in [6, 6.07) is 5.58. The highest BCUT2D eigenvalue weighted by Gasteiger charge is 2.10. The van der Waals surface area contributed by atoms with E-state index in [0.29, 0.717) is 24.7 Å². The SMILES string of the molecule is CC(C)(C)OCCOc1c(N)cccc1Br. The van der Waals surface area contributed by atoms with Crippen LogP contribution in [0, 0.1) is 0 Å². The zero-order chi connectivity index (χ0) is 12.2. The molecule has 0 aliphatic heterocycles. The van der Waals surface area contributed by atoms with Crippen LogP contribution < -0.4 is 10.5 Å². The van der Waals surface area contributed by atoms with Crippen LogP contribution in [0.2, 0.25) is 0 Å². The number of nitrogen functional groups attached to an aromatic ring is 1. The van der Waals surface area contributed by atoms with E-state index in [0.717, 1.165) is 4.47 Å². The predicted octanol–water partition coefficient (Wildman–Crippen LogP) is 3.23. The summed E-state index contributed by atoms with van der Waals surface area (Å²) in [6.45, 7) is 7.08. The maximum absolute atomic E-state index is 5.79. The fourth-order valence-corrected chi connectivity index (χ4v) is 1.67. The Kier molecular flexibility index (Phi) is 4.62. The van der Waals surface area contributed by atoms with Crippen LogP contribution in [0.5, 0.6) is 5.75 Å². The summed E-state index contributed by atoms with van der Waals surface area (Å²) in [5.74, 6) is 0.681. The summed E-state index contributed by atoms with van der Waals surface area (Å²) >= 11 is 3.39. The second-order valence-corrected chi connectivity index (χ2v) is 5.32. The molecule has 0 saturated heterocycles. The molecular weight excluding hydrogens is 270 g/mol. The maximum atomic E-state index is 5.79. The predicted molar refractivity (Wildman–Crippen MR) is 69.8 cm³/mol. The van der Waals surface area contributed by atoms with Gasteiger partial charge in [0, 0.05) is 0 Å². The molecule has 0 aliphatic carbocycles. The molecule has 0 fully saturated rings. The van der Waals surface area contributed by atoms with Gasteiger partial charge in [0.1, 0.15) is 6.61 Å².